The van der Waals surface area contributed by atoms with Gasteiger partial charge < -0.3 is 20.3 Å². The molecule has 1 aliphatic carbocycles. The second-order valence-corrected chi connectivity index (χ2v) is 13.1. The van der Waals surface area contributed by atoms with Gasteiger partial charge >= 0.3 is 6.03 Å². The van der Waals surface area contributed by atoms with Crippen LogP contribution in [0.15, 0.2) is 46.2 Å². The molecule has 14 heteroatoms. The van der Waals surface area contributed by atoms with Crippen LogP contribution in [0.2, 0.25) is 0 Å². The van der Waals surface area contributed by atoms with E-state index in [9.17, 15) is 13.2 Å². The molecule has 0 atom stereocenters. The van der Waals surface area contributed by atoms with Crippen molar-refractivity contribution in [1.82, 2.24) is 25.1 Å². The largest absolute Gasteiger partial charge is 0.378 e. The van der Waals surface area contributed by atoms with E-state index in [0.717, 1.165) is 17.0 Å². The average Bonchev–Trinajstić information content (AvgIpc) is 3.53. The monoisotopic (exact) mass is 580 g/mol. The molecule has 3 aromatic heterocycles. The first-order valence-corrected chi connectivity index (χ1v) is 15.2. The van der Waals surface area contributed by atoms with Crippen LogP contribution in [-0.2, 0) is 19.3 Å². The average molecular weight is 581 g/mol. The SMILES string of the molecule is Cc1csc(S(=O)(=O)C2(c3cc(N4CCOCC4)nc(-c4ccc(NC(=O)Nc5cn[nH]c5C)cc4)n3)CC2)n1. The molecule has 1 aliphatic heterocycles. The van der Waals surface area contributed by atoms with Crippen molar-refractivity contribution in [3.63, 3.8) is 0 Å². The van der Waals surface area contributed by atoms with E-state index in [1.165, 1.54) is 6.20 Å². The molecule has 0 bridgehead atoms. The number of nitrogens with zero attached hydrogens (tertiary/aromatic N) is 5. The third kappa shape index (κ3) is 4.93. The van der Waals surface area contributed by atoms with Gasteiger partial charge in [-0.3, -0.25) is 5.10 Å². The number of rotatable bonds is 7. The maximum Gasteiger partial charge on any atom is 0.323 e. The number of carbonyl (C=O) groups is 1. The Kier molecular flexibility index (Phi) is 6.76. The van der Waals surface area contributed by atoms with E-state index in [4.69, 9.17) is 14.7 Å². The Bertz CT molecular complexity index is 1660. The number of benzene rings is 1. The molecule has 0 spiro atoms. The summed E-state index contributed by atoms with van der Waals surface area (Å²) in [6.07, 6.45) is 2.49. The van der Waals surface area contributed by atoms with Crippen LogP contribution in [0.5, 0.6) is 0 Å². The highest BCUT2D eigenvalue weighted by atomic mass is 32.2. The third-order valence-electron chi connectivity index (χ3n) is 7.04. The number of aromatic amines is 1. The number of hydrogen-bond donors (Lipinski definition) is 3. The van der Waals surface area contributed by atoms with Crippen LogP contribution in [0.25, 0.3) is 11.4 Å². The number of sulfone groups is 1. The van der Waals surface area contributed by atoms with Gasteiger partial charge in [0.1, 0.15) is 10.6 Å². The number of thiazole rings is 1. The molecular weight excluding hydrogens is 552 g/mol. The second kappa shape index (κ2) is 10.3. The smallest absolute Gasteiger partial charge is 0.323 e. The normalized spacial score (nSPS) is 16.5. The van der Waals surface area contributed by atoms with E-state index in [1.54, 1.807) is 42.6 Å². The first kappa shape index (κ1) is 26.3. The quantitative estimate of drug-likeness (QED) is 0.295. The van der Waals surface area contributed by atoms with Gasteiger partial charge in [-0.25, -0.2) is 28.2 Å². The lowest BCUT2D eigenvalue weighted by atomic mass is 10.1. The fourth-order valence-electron chi connectivity index (χ4n) is 4.61. The minimum atomic E-state index is -3.74. The minimum absolute atomic E-state index is 0.120. The van der Waals surface area contributed by atoms with E-state index in [-0.39, 0.29) is 4.34 Å². The minimum Gasteiger partial charge on any atom is -0.378 e. The fraction of sp³-hybridized carbons (Fsp3) is 0.346. The van der Waals surface area contributed by atoms with Crippen molar-refractivity contribution in [2.24, 2.45) is 0 Å². The lowest BCUT2D eigenvalue weighted by molar-refractivity contribution is 0.122. The molecule has 4 aromatic rings. The first-order valence-electron chi connectivity index (χ1n) is 12.8. The van der Waals surface area contributed by atoms with E-state index in [2.05, 4.69) is 30.7 Å². The zero-order valence-electron chi connectivity index (χ0n) is 22.0. The van der Waals surface area contributed by atoms with Crippen molar-refractivity contribution < 1.29 is 17.9 Å². The number of hydrogen-bond acceptors (Lipinski definition) is 10. The standard InChI is InChI=1S/C26H28N8O4S2/c1-16-15-39-25(28-16)40(36,37)26(7-8-26)21-13-22(34-9-11-38-12-10-34)32-23(31-21)18-3-5-19(6-4-18)29-24(35)30-20-14-27-33-17(20)2/h3-6,13-15H,7-12H2,1-2H3,(H,27,33)(H2,29,30,35). The first-order chi connectivity index (χ1) is 19.2. The van der Waals surface area contributed by atoms with Crippen molar-refractivity contribution in [2.75, 3.05) is 41.8 Å². The molecule has 1 saturated carbocycles. The van der Waals surface area contributed by atoms with Crippen LogP contribution < -0.4 is 15.5 Å². The summed E-state index contributed by atoms with van der Waals surface area (Å²) in [6, 6.07) is 8.52. The Labute approximate surface area is 235 Å². The molecule has 2 amide bonds. The van der Waals surface area contributed by atoms with Gasteiger partial charge in [-0.1, -0.05) is 0 Å². The van der Waals surface area contributed by atoms with Crippen molar-refractivity contribution >= 4 is 44.4 Å². The molecule has 6 rings (SSSR count). The Morgan fingerprint density at radius 3 is 2.45 bits per heavy atom. The van der Waals surface area contributed by atoms with Gasteiger partial charge in [-0.15, -0.1) is 11.3 Å². The molecule has 208 valence electrons. The van der Waals surface area contributed by atoms with Gasteiger partial charge in [-0.05, 0) is 51.0 Å². The number of ether oxygens (including phenoxy) is 1. The van der Waals surface area contributed by atoms with Crippen LogP contribution in [0.3, 0.4) is 0 Å². The number of urea groups is 1. The summed E-state index contributed by atoms with van der Waals surface area (Å²) in [6.45, 7) is 6.03. The predicted octanol–water partition coefficient (Wildman–Crippen LogP) is 3.88. The summed E-state index contributed by atoms with van der Waals surface area (Å²) in [7, 11) is -3.74. The fourth-order valence-corrected chi connectivity index (χ4v) is 7.88. The van der Waals surface area contributed by atoms with Crippen molar-refractivity contribution in [3.8, 4) is 11.4 Å². The molecular formula is C26H28N8O4S2. The molecule has 0 unspecified atom stereocenters. The van der Waals surface area contributed by atoms with Gasteiger partial charge in [0.05, 0.1) is 36.5 Å². The summed E-state index contributed by atoms with van der Waals surface area (Å²) >= 11 is 1.14. The molecule has 12 nitrogen and oxygen atoms in total. The lowest BCUT2D eigenvalue weighted by Crippen LogP contribution is -2.37. The number of amides is 2. The van der Waals surface area contributed by atoms with Crippen LogP contribution >= 0.6 is 11.3 Å². The highest BCUT2D eigenvalue weighted by Crippen LogP contribution is 2.55. The van der Waals surface area contributed by atoms with E-state index in [1.807, 2.05) is 6.92 Å². The number of carbonyl (C=O) groups excluding carboxylic acids is 1. The number of aromatic nitrogens is 5. The molecule has 4 heterocycles. The summed E-state index contributed by atoms with van der Waals surface area (Å²) in [4.78, 5) is 28.4. The summed E-state index contributed by atoms with van der Waals surface area (Å²) < 4.78 is 32.0. The van der Waals surface area contributed by atoms with E-state index in [0.29, 0.717) is 79.1 Å². The lowest BCUT2D eigenvalue weighted by Gasteiger charge is -2.29. The summed E-state index contributed by atoms with van der Waals surface area (Å²) in [5.41, 5.74) is 3.77. The molecule has 1 saturated heterocycles. The Morgan fingerprint density at radius 1 is 1.07 bits per heavy atom. The Balaban J connectivity index is 1.32. The molecule has 0 radical (unpaired) electrons. The van der Waals surface area contributed by atoms with E-state index >= 15 is 0 Å². The number of nitrogens with one attached hydrogen (secondary N) is 3. The molecule has 2 fully saturated rings. The number of morpholine rings is 1. The van der Waals surface area contributed by atoms with Gasteiger partial charge in [0, 0.05) is 41.5 Å². The van der Waals surface area contributed by atoms with Gasteiger partial charge in [0.15, 0.2) is 5.82 Å². The van der Waals surface area contributed by atoms with Gasteiger partial charge in [0.2, 0.25) is 14.2 Å². The predicted molar refractivity (Wildman–Crippen MR) is 151 cm³/mol. The zero-order valence-corrected chi connectivity index (χ0v) is 23.6. The Morgan fingerprint density at radius 2 is 1.82 bits per heavy atom. The molecule has 3 N–H and O–H groups in total. The summed E-state index contributed by atoms with van der Waals surface area (Å²) in [5, 5.41) is 14.0. The highest BCUT2D eigenvalue weighted by Gasteiger charge is 2.59. The van der Waals surface area contributed by atoms with E-state index < -0.39 is 20.6 Å². The Hall–Kier alpha value is -3.88. The third-order valence-corrected chi connectivity index (χ3v) is 10.9. The van der Waals surface area contributed by atoms with Crippen LogP contribution in [0.4, 0.5) is 22.0 Å². The number of H-pyrrole nitrogens is 1. The second-order valence-electron chi connectivity index (χ2n) is 9.85. The number of aryl methyl sites for hydroxylation is 2. The molecule has 40 heavy (non-hydrogen) atoms. The van der Waals surface area contributed by atoms with Crippen LogP contribution in [0.1, 0.15) is 29.9 Å². The van der Waals surface area contributed by atoms with Crippen LogP contribution in [0, 0.1) is 13.8 Å². The van der Waals surface area contributed by atoms with Crippen molar-refractivity contribution in [1.29, 1.82) is 0 Å². The maximum atomic E-state index is 13.7. The van der Waals surface area contributed by atoms with Gasteiger partial charge in [-0.2, -0.15) is 5.10 Å². The number of anilines is 3. The topological polar surface area (TPSA) is 155 Å². The highest BCUT2D eigenvalue weighted by molar-refractivity contribution is 7.94. The maximum absolute atomic E-state index is 13.7. The van der Waals surface area contributed by atoms with Crippen LogP contribution in [-0.4, -0.2) is 65.9 Å². The molecule has 1 aromatic carbocycles. The van der Waals surface area contributed by atoms with Crippen molar-refractivity contribution in [2.45, 2.75) is 35.8 Å². The summed E-state index contributed by atoms with van der Waals surface area (Å²) in [5.74, 6) is 1.08. The van der Waals surface area contributed by atoms with Gasteiger partial charge in [0.25, 0.3) is 0 Å². The van der Waals surface area contributed by atoms with Crippen molar-refractivity contribution in [3.05, 3.63) is 59.0 Å². The molecule has 2 aliphatic rings. The zero-order chi connectivity index (χ0) is 27.9.